The van der Waals surface area contributed by atoms with Gasteiger partial charge < -0.3 is 4.90 Å². The van der Waals surface area contributed by atoms with Gasteiger partial charge in [0.15, 0.2) is 0 Å². The van der Waals surface area contributed by atoms with E-state index in [0.29, 0.717) is 12.1 Å². The van der Waals surface area contributed by atoms with E-state index < -0.39 is 0 Å². The maximum atomic E-state index is 11.8. The molecule has 0 spiro atoms. The first-order valence-electron chi connectivity index (χ1n) is 5.09. The van der Waals surface area contributed by atoms with Gasteiger partial charge in [-0.3, -0.25) is 4.90 Å². The fourth-order valence-electron chi connectivity index (χ4n) is 1.29. The maximum absolute atomic E-state index is 11.8. The van der Waals surface area contributed by atoms with Crippen LogP contribution in [-0.2, 0) is 0 Å². The Morgan fingerprint density at radius 2 is 2.12 bits per heavy atom. The van der Waals surface area contributed by atoms with Crippen molar-refractivity contribution < 1.29 is 4.79 Å². The topological polar surface area (TPSA) is 47.3 Å². The lowest BCUT2D eigenvalue weighted by atomic mass is 10.2. The van der Waals surface area contributed by atoms with Gasteiger partial charge in [0, 0.05) is 26.3 Å². The number of rotatable bonds is 2. The first-order chi connectivity index (χ1) is 7.60. The molecule has 0 aliphatic heterocycles. The summed E-state index contributed by atoms with van der Waals surface area (Å²) in [5.41, 5.74) is 1.28. The lowest BCUT2D eigenvalue weighted by Crippen LogP contribution is -2.38. The highest BCUT2D eigenvalue weighted by Crippen LogP contribution is 2.15. The summed E-state index contributed by atoms with van der Waals surface area (Å²) < 4.78 is 0. The lowest BCUT2D eigenvalue weighted by molar-refractivity contribution is 0.219. The number of carbonyl (C=O) groups is 1. The minimum atomic E-state index is -0.0856. The maximum Gasteiger partial charge on any atom is 0.323 e. The predicted octanol–water partition coefficient (Wildman–Crippen LogP) is 2.07. The van der Waals surface area contributed by atoms with Crippen LogP contribution in [0.25, 0.3) is 0 Å². The Morgan fingerprint density at radius 1 is 1.44 bits per heavy atom. The number of anilines is 1. The van der Waals surface area contributed by atoms with Crippen molar-refractivity contribution in [3.05, 3.63) is 29.8 Å². The average Bonchev–Trinajstić information content (AvgIpc) is 2.36. The van der Waals surface area contributed by atoms with E-state index in [9.17, 15) is 4.79 Å². The van der Waals surface area contributed by atoms with Crippen molar-refractivity contribution in [1.29, 1.82) is 5.26 Å². The van der Waals surface area contributed by atoms with Crippen LogP contribution in [0.15, 0.2) is 24.3 Å². The Balaban J connectivity index is 2.92. The summed E-state index contributed by atoms with van der Waals surface area (Å²) >= 11 is 0. The summed E-state index contributed by atoms with van der Waals surface area (Å²) in [6.45, 7) is 2.57. The van der Waals surface area contributed by atoms with Crippen LogP contribution in [0.5, 0.6) is 0 Å². The van der Waals surface area contributed by atoms with E-state index in [1.54, 1.807) is 37.2 Å². The highest BCUT2D eigenvalue weighted by atomic mass is 16.2. The zero-order valence-corrected chi connectivity index (χ0v) is 9.77. The minimum Gasteiger partial charge on any atom is -0.328 e. The lowest BCUT2D eigenvalue weighted by Gasteiger charge is -2.23. The average molecular weight is 217 g/mol. The number of hydrogen-bond donors (Lipinski definition) is 0. The zero-order chi connectivity index (χ0) is 12.1. The quantitative estimate of drug-likeness (QED) is 0.761. The molecule has 0 saturated carbocycles. The van der Waals surface area contributed by atoms with E-state index in [1.807, 2.05) is 13.0 Å². The van der Waals surface area contributed by atoms with Crippen LogP contribution >= 0.6 is 0 Å². The summed E-state index contributed by atoms with van der Waals surface area (Å²) in [5.74, 6) is 0. The molecule has 2 amide bonds. The Labute approximate surface area is 95.7 Å². The minimum absolute atomic E-state index is 0.0856. The van der Waals surface area contributed by atoms with Crippen LogP contribution in [0.4, 0.5) is 10.5 Å². The molecule has 0 atom stereocenters. The second kappa shape index (κ2) is 5.17. The molecule has 0 bridgehead atoms. The van der Waals surface area contributed by atoms with Gasteiger partial charge in [-0.1, -0.05) is 6.07 Å². The van der Waals surface area contributed by atoms with Crippen LogP contribution < -0.4 is 4.90 Å². The molecule has 0 heterocycles. The molecule has 0 fully saturated rings. The molecule has 4 heteroatoms. The molecule has 4 nitrogen and oxygen atoms in total. The Bertz CT molecular complexity index is 423. The third kappa shape index (κ3) is 2.51. The van der Waals surface area contributed by atoms with Crippen LogP contribution in [0, 0.1) is 11.3 Å². The van der Waals surface area contributed by atoms with E-state index in [2.05, 4.69) is 6.07 Å². The summed E-state index contributed by atoms with van der Waals surface area (Å²) in [6, 6.07) is 8.95. The smallest absolute Gasteiger partial charge is 0.323 e. The molecule has 0 aliphatic rings. The second-order valence-electron chi connectivity index (χ2n) is 3.52. The SMILES string of the molecule is CCN(C)C(=O)N(C)c1cccc(C#N)c1. The molecule has 0 N–H and O–H groups in total. The van der Waals surface area contributed by atoms with Gasteiger partial charge in [0.2, 0.25) is 0 Å². The van der Waals surface area contributed by atoms with Crippen LogP contribution in [0.2, 0.25) is 0 Å². The molecule has 0 aliphatic carbocycles. The molecule has 0 aromatic heterocycles. The van der Waals surface area contributed by atoms with Crippen molar-refractivity contribution in [3.8, 4) is 6.07 Å². The largest absolute Gasteiger partial charge is 0.328 e. The Morgan fingerprint density at radius 3 is 2.69 bits per heavy atom. The van der Waals surface area contributed by atoms with Gasteiger partial charge in [-0.25, -0.2) is 4.79 Å². The van der Waals surface area contributed by atoms with E-state index in [1.165, 1.54) is 4.90 Å². The number of amides is 2. The summed E-state index contributed by atoms with van der Waals surface area (Å²) in [5, 5.41) is 8.77. The van der Waals surface area contributed by atoms with Crippen LogP contribution in [-0.4, -0.2) is 31.6 Å². The van der Waals surface area contributed by atoms with Crippen LogP contribution in [0.1, 0.15) is 12.5 Å². The van der Waals surface area contributed by atoms with Crippen molar-refractivity contribution in [2.75, 3.05) is 25.5 Å². The second-order valence-corrected chi connectivity index (χ2v) is 3.52. The monoisotopic (exact) mass is 217 g/mol. The molecule has 1 aromatic rings. The molecule has 84 valence electrons. The van der Waals surface area contributed by atoms with Crippen molar-refractivity contribution in [2.45, 2.75) is 6.92 Å². The van der Waals surface area contributed by atoms with E-state index in [-0.39, 0.29) is 6.03 Å². The molecule has 0 saturated heterocycles. The summed E-state index contributed by atoms with van der Waals surface area (Å²) in [4.78, 5) is 15.0. The standard InChI is InChI=1S/C12H15N3O/c1-4-14(2)12(16)15(3)11-7-5-6-10(8-11)9-13/h5-8H,4H2,1-3H3. The summed E-state index contributed by atoms with van der Waals surface area (Å²) in [6.07, 6.45) is 0. The number of nitriles is 1. The third-order valence-electron chi connectivity index (χ3n) is 2.45. The molecular weight excluding hydrogens is 202 g/mol. The van der Waals surface area contributed by atoms with Gasteiger partial charge in [0.05, 0.1) is 11.6 Å². The molecule has 1 rings (SSSR count). The van der Waals surface area contributed by atoms with Gasteiger partial charge in [0.25, 0.3) is 0 Å². The van der Waals surface area contributed by atoms with Gasteiger partial charge in [0.1, 0.15) is 0 Å². The Kier molecular flexibility index (Phi) is 3.90. The fraction of sp³-hybridized carbons (Fsp3) is 0.333. The van der Waals surface area contributed by atoms with Crippen molar-refractivity contribution in [2.24, 2.45) is 0 Å². The van der Waals surface area contributed by atoms with Crippen molar-refractivity contribution >= 4 is 11.7 Å². The highest BCUT2D eigenvalue weighted by Gasteiger charge is 2.14. The number of hydrogen-bond acceptors (Lipinski definition) is 2. The number of carbonyl (C=O) groups excluding carboxylic acids is 1. The van der Waals surface area contributed by atoms with Crippen LogP contribution in [0.3, 0.4) is 0 Å². The normalized spacial score (nSPS) is 9.38. The highest BCUT2D eigenvalue weighted by molar-refractivity contribution is 5.91. The first-order valence-corrected chi connectivity index (χ1v) is 5.09. The summed E-state index contributed by atoms with van der Waals surface area (Å²) in [7, 11) is 3.44. The first kappa shape index (κ1) is 12.1. The number of benzene rings is 1. The van der Waals surface area contributed by atoms with Gasteiger partial charge in [-0.2, -0.15) is 5.26 Å². The molecule has 16 heavy (non-hydrogen) atoms. The number of nitrogens with zero attached hydrogens (tertiary/aromatic N) is 3. The third-order valence-corrected chi connectivity index (χ3v) is 2.45. The Hall–Kier alpha value is -2.02. The fourth-order valence-corrected chi connectivity index (χ4v) is 1.29. The van der Waals surface area contributed by atoms with Gasteiger partial charge in [-0.15, -0.1) is 0 Å². The van der Waals surface area contributed by atoms with Gasteiger partial charge in [-0.05, 0) is 25.1 Å². The number of urea groups is 1. The molecule has 1 aromatic carbocycles. The van der Waals surface area contributed by atoms with Crippen molar-refractivity contribution in [1.82, 2.24) is 4.90 Å². The van der Waals surface area contributed by atoms with E-state index in [4.69, 9.17) is 5.26 Å². The predicted molar refractivity (Wildman–Crippen MR) is 63.3 cm³/mol. The van der Waals surface area contributed by atoms with E-state index >= 15 is 0 Å². The van der Waals surface area contributed by atoms with Gasteiger partial charge >= 0.3 is 6.03 Å². The van der Waals surface area contributed by atoms with E-state index in [0.717, 1.165) is 5.69 Å². The zero-order valence-electron chi connectivity index (χ0n) is 9.77. The van der Waals surface area contributed by atoms with Crippen molar-refractivity contribution in [3.63, 3.8) is 0 Å². The molecular formula is C12H15N3O. The molecule has 0 unspecified atom stereocenters. The molecule has 0 radical (unpaired) electrons.